The van der Waals surface area contributed by atoms with Crippen LogP contribution >= 0.6 is 35.6 Å². The van der Waals surface area contributed by atoms with E-state index in [2.05, 4.69) is 26.7 Å². The number of nitrogens with zero attached hydrogens (tertiary/aromatic N) is 2. The summed E-state index contributed by atoms with van der Waals surface area (Å²) >= 11 is 6.52. The summed E-state index contributed by atoms with van der Waals surface area (Å²) in [5.74, 6) is 2.20. The van der Waals surface area contributed by atoms with Gasteiger partial charge in [0.25, 0.3) is 0 Å². The van der Waals surface area contributed by atoms with E-state index in [-0.39, 0.29) is 29.4 Å². The maximum Gasteiger partial charge on any atom is 0.214 e. The number of guanidine groups is 1. The lowest BCUT2D eigenvalue weighted by Crippen LogP contribution is -2.48. The molecule has 154 valence electrons. The second-order valence-corrected chi connectivity index (χ2v) is 7.31. The van der Waals surface area contributed by atoms with Gasteiger partial charge in [-0.3, -0.25) is 4.99 Å². The Labute approximate surface area is 188 Å². The highest BCUT2D eigenvalue weighted by molar-refractivity contribution is 14.0. The van der Waals surface area contributed by atoms with Crippen molar-refractivity contribution in [2.45, 2.75) is 38.6 Å². The molecule has 2 N–H and O–H groups in total. The molecule has 0 radical (unpaired) electrons. The van der Waals surface area contributed by atoms with Gasteiger partial charge in [-0.05, 0) is 38.3 Å². The molecule has 28 heavy (non-hydrogen) atoms. The first kappa shape index (κ1) is 23.0. The summed E-state index contributed by atoms with van der Waals surface area (Å²) in [6.45, 7) is 6.52. The first-order valence-electron chi connectivity index (χ1n) is 9.24. The lowest BCUT2D eigenvalue weighted by Gasteiger charge is -2.38. The van der Waals surface area contributed by atoms with Crippen molar-refractivity contribution >= 4 is 41.5 Å². The third-order valence-electron chi connectivity index (χ3n) is 5.19. The summed E-state index contributed by atoms with van der Waals surface area (Å²) in [6.07, 6.45) is 1.83. The van der Waals surface area contributed by atoms with Gasteiger partial charge in [0.1, 0.15) is 5.76 Å². The normalized spacial score (nSPS) is 16.4. The van der Waals surface area contributed by atoms with Crippen LogP contribution in [0.4, 0.5) is 0 Å². The van der Waals surface area contributed by atoms with Crippen LogP contribution in [0.25, 0.3) is 0 Å². The number of aromatic nitrogens is 1. The Morgan fingerprint density at radius 2 is 1.93 bits per heavy atom. The van der Waals surface area contributed by atoms with E-state index in [1.54, 1.807) is 7.05 Å². The van der Waals surface area contributed by atoms with Gasteiger partial charge in [0.2, 0.25) is 5.89 Å². The van der Waals surface area contributed by atoms with Crippen LogP contribution < -0.4 is 10.6 Å². The molecule has 1 aromatic heterocycles. The van der Waals surface area contributed by atoms with Crippen molar-refractivity contribution in [1.29, 1.82) is 0 Å². The number of aliphatic imine (C=N–C) groups is 1. The van der Waals surface area contributed by atoms with Crippen LogP contribution in [0.2, 0.25) is 5.02 Å². The molecular weight excluding hydrogens is 491 g/mol. The largest absolute Gasteiger partial charge is 0.444 e. The van der Waals surface area contributed by atoms with E-state index in [0.717, 1.165) is 54.6 Å². The van der Waals surface area contributed by atoms with Crippen LogP contribution in [0.3, 0.4) is 0 Å². The highest BCUT2D eigenvalue weighted by Crippen LogP contribution is 2.38. The first-order valence-corrected chi connectivity index (χ1v) is 9.62. The second kappa shape index (κ2) is 10.5. The quantitative estimate of drug-likeness (QED) is 0.356. The van der Waals surface area contributed by atoms with Gasteiger partial charge in [-0.1, -0.05) is 29.8 Å². The zero-order chi connectivity index (χ0) is 19.3. The van der Waals surface area contributed by atoms with Crippen LogP contribution in [0.15, 0.2) is 33.7 Å². The molecule has 0 unspecified atom stereocenters. The van der Waals surface area contributed by atoms with E-state index in [4.69, 9.17) is 20.8 Å². The fourth-order valence-corrected chi connectivity index (χ4v) is 3.78. The summed E-state index contributed by atoms with van der Waals surface area (Å²) in [7, 11) is 1.76. The topological polar surface area (TPSA) is 71.7 Å². The molecule has 0 aliphatic carbocycles. The van der Waals surface area contributed by atoms with Gasteiger partial charge in [0.15, 0.2) is 5.96 Å². The molecule has 1 aliphatic rings. The van der Waals surface area contributed by atoms with Gasteiger partial charge in [-0.25, -0.2) is 4.98 Å². The Hall–Kier alpha value is -1.32. The summed E-state index contributed by atoms with van der Waals surface area (Å²) in [5.41, 5.74) is 2.00. The van der Waals surface area contributed by atoms with Gasteiger partial charge in [-0.15, -0.1) is 24.0 Å². The Kier molecular flexibility index (Phi) is 8.57. The molecule has 8 heteroatoms. The van der Waals surface area contributed by atoms with Gasteiger partial charge in [-0.2, -0.15) is 0 Å². The Morgan fingerprint density at radius 1 is 1.21 bits per heavy atom. The number of hydrogen-bond donors (Lipinski definition) is 2. The Balaban J connectivity index is 0.00000280. The highest BCUT2D eigenvalue weighted by atomic mass is 127. The number of oxazole rings is 1. The first-order chi connectivity index (χ1) is 13.0. The van der Waals surface area contributed by atoms with Crippen LogP contribution in [0.1, 0.15) is 35.7 Å². The minimum atomic E-state index is -0.0790. The molecule has 0 atom stereocenters. The molecule has 2 aromatic rings. The lowest BCUT2D eigenvalue weighted by molar-refractivity contribution is 0.0514. The zero-order valence-corrected chi connectivity index (χ0v) is 19.6. The second-order valence-electron chi connectivity index (χ2n) is 6.90. The monoisotopic (exact) mass is 518 g/mol. The molecule has 0 spiro atoms. The summed E-state index contributed by atoms with van der Waals surface area (Å²) in [5, 5.41) is 7.52. The molecule has 1 aliphatic heterocycles. The molecule has 0 saturated carbocycles. The predicted octanol–water partition coefficient (Wildman–Crippen LogP) is 3.98. The summed E-state index contributed by atoms with van der Waals surface area (Å²) < 4.78 is 11.2. The number of ether oxygens (including phenoxy) is 1. The zero-order valence-electron chi connectivity index (χ0n) is 16.5. The minimum absolute atomic E-state index is 0. The number of nitrogens with one attached hydrogen (secondary N) is 2. The molecular formula is C20H28ClIN4O2. The minimum Gasteiger partial charge on any atom is -0.444 e. The van der Waals surface area contributed by atoms with Gasteiger partial charge < -0.3 is 19.8 Å². The van der Waals surface area contributed by atoms with E-state index in [9.17, 15) is 0 Å². The predicted molar refractivity (Wildman–Crippen MR) is 123 cm³/mol. The third kappa shape index (κ3) is 5.39. The van der Waals surface area contributed by atoms with E-state index in [0.29, 0.717) is 18.4 Å². The maximum atomic E-state index is 6.52. The molecule has 2 heterocycles. The maximum absolute atomic E-state index is 6.52. The number of benzene rings is 1. The van der Waals surface area contributed by atoms with Gasteiger partial charge >= 0.3 is 0 Å². The van der Waals surface area contributed by atoms with Crippen LogP contribution in [-0.2, 0) is 16.7 Å². The molecule has 1 fully saturated rings. The van der Waals surface area contributed by atoms with E-state index < -0.39 is 0 Å². The number of rotatable bonds is 5. The Bertz CT molecular complexity index is 784. The molecule has 6 nitrogen and oxygen atoms in total. The van der Waals surface area contributed by atoms with Crippen molar-refractivity contribution in [2.75, 3.05) is 26.8 Å². The Morgan fingerprint density at radius 3 is 2.54 bits per heavy atom. The molecule has 0 amide bonds. The van der Waals surface area contributed by atoms with Crippen molar-refractivity contribution in [3.05, 3.63) is 52.2 Å². The third-order valence-corrected chi connectivity index (χ3v) is 5.52. The molecule has 3 rings (SSSR count). The fraction of sp³-hybridized carbons (Fsp3) is 0.500. The fourth-order valence-electron chi connectivity index (χ4n) is 3.44. The molecule has 0 bridgehead atoms. The SMILES string of the molecule is CN=C(NCc1nc(C)c(C)o1)NCC1(c2ccccc2Cl)CCOCC1.I. The smallest absolute Gasteiger partial charge is 0.214 e. The van der Waals surface area contributed by atoms with Crippen LogP contribution in [0, 0.1) is 13.8 Å². The summed E-state index contributed by atoms with van der Waals surface area (Å²) in [6, 6.07) is 8.07. The van der Waals surface area contributed by atoms with Crippen molar-refractivity contribution in [1.82, 2.24) is 15.6 Å². The highest BCUT2D eigenvalue weighted by Gasteiger charge is 2.36. The van der Waals surface area contributed by atoms with Crippen LogP contribution in [0.5, 0.6) is 0 Å². The van der Waals surface area contributed by atoms with E-state index in [1.165, 1.54) is 0 Å². The standard InChI is InChI=1S/C20H27ClN4O2.HI/c1-14-15(2)27-18(25-14)12-23-19(22-3)24-13-20(8-10-26-11-9-20)16-6-4-5-7-17(16)21;/h4-7H,8-13H2,1-3H3,(H2,22,23,24);1H. The van der Waals surface area contributed by atoms with Gasteiger partial charge in [0.05, 0.1) is 12.2 Å². The van der Waals surface area contributed by atoms with Crippen molar-refractivity contribution < 1.29 is 9.15 Å². The summed E-state index contributed by atoms with van der Waals surface area (Å²) in [4.78, 5) is 8.72. The number of hydrogen-bond acceptors (Lipinski definition) is 4. The average molecular weight is 519 g/mol. The van der Waals surface area contributed by atoms with Gasteiger partial charge in [0, 0.05) is 37.2 Å². The van der Waals surface area contributed by atoms with E-state index in [1.807, 2.05) is 32.0 Å². The number of halogens is 2. The number of aryl methyl sites for hydroxylation is 2. The lowest BCUT2D eigenvalue weighted by atomic mass is 9.74. The molecule has 1 saturated heterocycles. The van der Waals surface area contributed by atoms with E-state index >= 15 is 0 Å². The van der Waals surface area contributed by atoms with Crippen molar-refractivity contribution in [3.63, 3.8) is 0 Å². The van der Waals surface area contributed by atoms with Crippen molar-refractivity contribution in [2.24, 2.45) is 4.99 Å². The van der Waals surface area contributed by atoms with Crippen molar-refractivity contribution in [3.8, 4) is 0 Å². The van der Waals surface area contributed by atoms with Crippen LogP contribution in [-0.4, -0.2) is 37.7 Å². The average Bonchev–Trinajstić information content (AvgIpc) is 3.00. The molecule has 1 aromatic carbocycles.